The topological polar surface area (TPSA) is 69.6 Å². The van der Waals surface area contributed by atoms with E-state index in [2.05, 4.69) is 5.32 Å². The standard InChI is InChI=1S/C20H22N2O3/c1-14-6-8-15(9-7-14)13-21-20(25)22-11-10-16-4-2-3-5-17(16)18(22)12-19(23)24/h2-9,18H,10-13H2,1H3,(H,21,25)(H,23,24). The molecule has 0 spiro atoms. The molecule has 0 saturated carbocycles. The number of urea groups is 1. The van der Waals surface area contributed by atoms with Crippen molar-refractivity contribution >= 4 is 12.0 Å². The van der Waals surface area contributed by atoms with Crippen molar-refractivity contribution in [2.75, 3.05) is 6.54 Å². The van der Waals surface area contributed by atoms with E-state index in [-0.39, 0.29) is 12.5 Å². The predicted octanol–water partition coefficient (Wildman–Crippen LogP) is 3.28. The number of hydrogen-bond donors (Lipinski definition) is 2. The highest BCUT2D eigenvalue weighted by Gasteiger charge is 2.32. The Bertz CT molecular complexity index is 771. The van der Waals surface area contributed by atoms with E-state index in [1.54, 1.807) is 4.90 Å². The van der Waals surface area contributed by atoms with Gasteiger partial charge >= 0.3 is 12.0 Å². The first kappa shape index (κ1) is 17.0. The Balaban J connectivity index is 1.74. The quantitative estimate of drug-likeness (QED) is 0.899. The van der Waals surface area contributed by atoms with Gasteiger partial charge in [-0.1, -0.05) is 54.1 Å². The number of benzene rings is 2. The predicted molar refractivity (Wildman–Crippen MR) is 95.3 cm³/mol. The summed E-state index contributed by atoms with van der Waals surface area (Å²) in [6.45, 7) is 2.97. The van der Waals surface area contributed by atoms with E-state index in [9.17, 15) is 14.7 Å². The number of nitrogens with zero attached hydrogens (tertiary/aromatic N) is 1. The van der Waals surface area contributed by atoms with E-state index in [4.69, 9.17) is 0 Å². The highest BCUT2D eigenvalue weighted by Crippen LogP contribution is 2.32. The van der Waals surface area contributed by atoms with Crippen LogP contribution in [0.25, 0.3) is 0 Å². The zero-order chi connectivity index (χ0) is 17.8. The second-order valence-electron chi connectivity index (χ2n) is 6.40. The van der Waals surface area contributed by atoms with Gasteiger partial charge in [-0.3, -0.25) is 4.79 Å². The fourth-order valence-electron chi connectivity index (χ4n) is 3.27. The lowest BCUT2D eigenvalue weighted by Crippen LogP contribution is -2.46. The van der Waals surface area contributed by atoms with Crippen molar-refractivity contribution < 1.29 is 14.7 Å². The Morgan fingerprint density at radius 1 is 1.16 bits per heavy atom. The molecule has 1 aliphatic heterocycles. The highest BCUT2D eigenvalue weighted by atomic mass is 16.4. The van der Waals surface area contributed by atoms with Gasteiger partial charge in [0.25, 0.3) is 0 Å². The molecule has 0 bridgehead atoms. The molecule has 25 heavy (non-hydrogen) atoms. The van der Waals surface area contributed by atoms with Crippen molar-refractivity contribution in [3.63, 3.8) is 0 Å². The molecular weight excluding hydrogens is 316 g/mol. The van der Waals surface area contributed by atoms with Gasteiger partial charge in [-0.25, -0.2) is 4.79 Å². The van der Waals surface area contributed by atoms with Gasteiger partial charge in [-0.15, -0.1) is 0 Å². The lowest BCUT2D eigenvalue weighted by Gasteiger charge is -2.36. The van der Waals surface area contributed by atoms with E-state index in [1.165, 1.54) is 5.56 Å². The smallest absolute Gasteiger partial charge is 0.318 e. The summed E-state index contributed by atoms with van der Waals surface area (Å²) in [5, 5.41) is 12.2. The van der Waals surface area contributed by atoms with Crippen LogP contribution in [-0.2, 0) is 17.8 Å². The van der Waals surface area contributed by atoms with E-state index in [0.29, 0.717) is 13.1 Å². The second kappa shape index (κ2) is 7.38. The molecule has 2 amide bonds. The molecule has 0 aliphatic carbocycles. The van der Waals surface area contributed by atoms with Crippen LogP contribution in [0.5, 0.6) is 0 Å². The zero-order valence-electron chi connectivity index (χ0n) is 14.2. The van der Waals surface area contributed by atoms with Crippen LogP contribution in [0.4, 0.5) is 4.79 Å². The third kappa shape index (κ3) is 3.99. The maximum Gasteiger partial charge on any atom is 0.318 e. The van der Waals surface area contributed by atoms with Gasteiger partial charge < -0.3 is 15.3 Å². The van der Waals surface area contributed by atoms with Crippen molar-refractivity contribution in [1.82, 2.24) is 10.2 Å². The van der Waals surface area contributed by atoms with Crippen molar-refractivity contribution in [1.29, 1.82) is 0 Å². The van der Waals surface area contributed by atoms with Gasteiger partial charge in [0.05, 0.1) is 12.5 Å². The Morgan fingerprint density at radius 2 is 1.88 bits per heavy atom. The number of rotatable bonds is 4. The Kier molecular flexibility index (Phi) is 5.03. The molecule has 1 aliphatic rings. The van der Waals surface area contributed by atoms with Crippen LogP contribution < -0.4 is 5.32 Å². The van der Waals surface area contributed by atoms with Crippen molar-refractivity contribution in [3.05, 3.63) is 70.8 Å². The van der Waals surface area contributed by atoms with Crippen LogP contribution in [0.3, 0.4) is 0 Å². The molecule has 0 radical (unpaired) electrons. The summed E-state index contributed by atoms with van der Waals surface area (Å²) >= 11 is 0. The van der Waals surface area contributed by atoms with Crippen molar-refractivity contribution in [2.45, 2.75) is 32.4 Å². The number of aryl methyl sites for hydroxylation is 1. The third-order valence-electron chi connectivity index (χ3n) is 4.61. The maximum atomic E-state index is 12.7. The minimum absolute atomic E-state index is 0.0883. The lowest BCUT2D eigenvalue weighted by atomic mass is 9.91. The molecule has 0 aromatic heterocycles. The fourth-order valence-corrected chi connectivity index (χ4v) is 3.27. The third-order valence-corrected chi connectivity index (χ3v) is 4.61. The number of carbonyl (C=O) groups excluding carboxylic acids is 1. The SMILES string of the molecule is Cc1ccc(CNC(=O)N2CCc3ccccc3C2CC(=O)O)cc1. The fraction of sp³-hybridized carbons (Fsp3) is 0.300. The van der Waals surface area contributed by atoms with E-state index in [1.807, 2.05) is 55.5 Å². The Labute approximate surface area is 147 Å². The van der Waals surface area contributed by atoms with Gasteiger partial charge in [0.15, 0.2) is 0 Å². The monoisotopic (exact) mass is 338 g/mol. The van der Waals surface area contributed by atoms with Crippen molar-refractivity contribution in [3.8, 4) is 0 Å². The van der Waals surface area contributed by atoms with Crippen LogP contribution >= 0.6 is 0 Å². The number of carboxylic acids is 1. The largest absolute Gasteiger partial charge is 0.481 e. The highest BCUT2D eigenvalue weighted by molar-refractivity contribution is 5.77. The van der Waals surface area contributed by atoms with E-state index in [0.717, 1.165) is 23.1 Å². The molecule has 0 fully saturated rings. The lowest BCUT2D eigenvalue weighted by molar-refractivity contribution is -0.138. The van der Waals surface area contributed by atoms with E-state index >= 15 is 0 Å². The van der Waals surface area contributed by atoms with Crippen molar-refractivity contribution in [2.24, 2.45) is 0 Å². The molecule has 1 unspecified atom stereocenters. The summed E-state index contributed by atoms with van der Waals surface area (Å²) in [6, 6.07) is 15.1. The molecule has 1 atom stereocenters. The maximum absolute atomic E-state index is 12.7. The summed E-state index contributed by atoms with van der Waals surface area (Å²) in [6.07, 6.45) is 0.652. The first-order valence-electron chi connectivity index (χ1n) is 8.44. The molecular formula is C20H22N2O3. The molecule has 2 aromatic carbocycles. The molecule has 3 rings (SSSR count). The number of amides is 2. The average molecular weight is 338 g/mol. The minimum Gasteiger partial charge on any atom is -0.481 e. The number of hydrogen-bond acceptors (Lipinski definition) is 2. The average Bonchev–Trinajstić information content (AvgIpc) is 2.61. The second-order valence-corrected chi connectivity index (χ2v) is 6.40. The Morgan fingerprint density at radius 3 is 2.60 bits per heavy atom. The molecule has 130 valence electrons. The molecule has 1 heterocycles. The molecule has 2 aromatic rings. The van der Waals surface area contributed by atoms with Gasteiger partial charge in [-0.05, 0) is 30.0 Å². The Hall–Kier alpha value is -2.82. The summed E-state index contributed by atoms with van der Waals surface area (Å²) in [7, 11) is 0. The van der Waals surface area contributed by atoms with Gasteiger partial charge in [0.2, 0.25) is 0 Å². The normalized spacial score (nSPS) is 16.2. The molecule has 5 heteroatoms. The summed E-state index contributed by atoms with van der Waals surface area (Å²) in [5.74, 6) is -0.905. The number of carbonyl (C=O) groups is 2. The minimum atomic E-state index is -0.905. The van der Waals surface area contributed by atoms with Crippen LogP contribution in [0.1, 0.15) is 34.7 Å². The summed E-state index contributed by atoms with van der Waals surface area (Å²) in [4.78, 5) is 25.6. The van der Waals surface area contributed by atoms with Crippen LogP contribution in [-0.4, -0.2) is 28.6 Å². The number of carboxylic acid groups (broad SMARTS) is 1. The van der Waals surface area contributed by atoms with Gasteiger partial charge in [0.1, 0.15) is 0 Å². The number of aliphatic carboxylic acids is 1. The number of fused-ring (bicyclic) bond motifs is 1. The van der Waals surface area contributed by atoms with Crippen LogP contribution in [0.2, 0.25) is 0 Å². The number of nitrogens with one attached hydrogen (secondary N) is 1. The first-order chi connectivity index (χ1) is 12.0. The molecule has 0 saturated heterocycles. The summed E-state index contributed by atoms with van der Waals surface area (Å²) < 4.78 is 0. The molecule has 5 nitrogen and oxygen atoms in total. The van der Waals surface area contributed by atoms with E-state index < -0.39 is 12.0 Å². The van der Waals surface area contributed by atoms with Crippen LogP contribution in [0.15, 0.2) is 48.5 Å². The molecule has 2 N–H and O–H groups in total. The van der Waals surface area contributed by atoms with Gasteiger partial charge in [-0.2, -0.15) is 0 Å². The van der Waals surface area contributed by atoms with Gasteiger partial charge in [0, 0.05) is 13.1 Å². The first-order valence-corrected chi connectivity index (χ1v) is 8.44. The summed E-state index contributed by atoms with van der Waals surface area (Å²) in [5.41, 5.74) is 4.24. The van der Waals surface area contributed by atoms with Crippen LogP contribution in [0, 0.1) is 6.92 Å². The zero-order valence-corrected chi connectivity index (χ0v) is 14.2.